The van der Waals surface area contributed by atoms with Crippen LogP contribution in [0.4, 0.5) is 9.80 Å². The van der Waals surface area contributed by atoms with E-state index < -0.39 is 0 Å². The molecule has 1 fully saturated rings. The zero-order chi connectivity index (χ0) is 13.8. The molecule has 2 amide bonds. The van der Waals surface area contributed by atoms with Crippen LogP contribution in [0.25, 0.3) is 0 Å². The van der Waals surface area contributed by atoms with Crippen LogP contribution in [0.3, 0.4) is 0 Å². The highest BCUT2D eigenvalue weighted by molar-refractivity contribution is 7.16. The number of rotatable bonds is 5. The number of nitrogens with one attached hydrogen (secondary N) is 2. The molecule has 0 spiro atoms. The Hall–Kier alpha value is -1.56. The van der Waals surface area contributed by atoms with Crippen molar-refractivity contribution in [3.8, 4) is 0 Å². The van der Waals surface area contributed by atoms with Gasteiger partial charge in [0.05, 0.1) is 12.2 Å². The molecule has 5 nitrogen and oxygen atoms in total. The molecule has 0 saturated heterocycles. The van der Waals surface area contributed by atoms with Crippen molar-refractivity contribution in [3.63, 3.8) is 0 Å². The standard InChI is InChI=1S/C13H18N2O3S/c1-3-9-7-10(12(16)18-4-2)11(19-9)15-13(17)14-8-5-6-8/h7-8H,3-6H2,1-2H3,(H2,14,15,17). The molecule has 2 N–H and O–H groups in total. The second-order valence-corrected chi connectivity index (χ2v) is 5.54. The van der Waals surface area contributed by atoms with Gasteiger partial charge in [0.1, 0.15) is 5.00 Å². The fourth-order valence-corrected chi connectivity index (χ4v) is 2.60. The minimum absolute atomic E-state index is 0.252. The Morgan fingerprint density at radius 3 is 2.74 bits per heavy atom. The maximum absolute atomic E-state index is 11.8. The first-order valence-electron chi connectivity index (χ1n) is 6.51. The van der Waals surface area contributed by atoms with Gasteiger partial charge in [-0.05, 0) is 32.3 Å². The molecule has 1 saturated carbocycles. The average Bonchev–Trinajstić information content (AvgIpc) is 3.07. The molecule has 1 aliphatic carbocycles. The van der Waals surface area contributed by atoms with E-state index in [1.807, 2.05) is 6.92 Å². The van der Waals surface area contributed by atoms with E-state index in [4.69, 9.17) is 4.74 Å². The lowest BCUT2D eigenvalue weighted by molar-refractivity contribution is 0.0528. The van der Waals surface area contributed by atoms with E-state index in [0.717, 1.165) is 24.1 Å². The number of anilines is 1. The van der Waals surface area contributed by atoms with Crippen LogP contribution < -0.4 is 10.6 Å². The van der Waals surface area contributed by atoms with Gasteiger partial charge in [-0.25, -0.2) is 9.59 Å². The topological polar surface area (TPSA) is 67.4 Å². The Kier molecular flexibility index (Phi) is 4.42. The number of urea groups is 1. The van der Waals surface area contributed by atoms with Crippen LogP contribution in [0.15, 0.2) is 6.07 Å². The number of hydrogen-bond acceptors (Lipinski definition) is 4. The number of carbonyl (C=O) groups is 2. The minimum atomic E-state index is -0.389. The average molecular weight is 282 g/mol. The monoisotopic (exact) mass is 282 g/mol. The van der Waals surface area contributed by atoms with E-state index in [-0.39, 0.29) is 18.0 Å². The van der Waals surface area contributed by atoms with Crippen molar-refractivity contribution >= 4 is 28.3 Å². The first-order valence-corrected chi connectivity index (χ1v) is 7.33. The highest BCUT2D eigenvalue weighted by Crippen LogP contribution is 2.29. The van der Waals surface area contributed by atoms with Gasteiger partial charge < -0.3 is 10.1 Å². The van der Waals surface area contributed by atoms with Crippen LogP contribution in [0.5, 0.6) is 0 Å². The predicted molar refractivity (Wildman–Crippen MR) is 74.8 cm³/mol. The fourth-order valence-electron chi connectivity index (χ4n) is 1.62. The predicted octanol–water partition coefficient (Wildman–Crippen LogP) is 2.77. The summed E-state index contributed by atoms with van der Waals surface area (Å²) in [6, 6.07) is 1.82. The zero-order valence-electron chi connectivity index (χ0n) is 11.1. The highest BCUT2D eigenvalue weighted by atomic mass is 32.1. The van der Waals surface area contributed by atoms with E-state index in [0.29, 0.717) is 17.2 Å². The van der Waals surface area contributed by atoms with Crippen molar-refractivity contribution in [2.45, 2.75) is 39.2 Å². The first-order chi connectivity index (χ1) is 9.13. The third-order valence-corrected chi connectivity index (χ3v) is 3.96. The SMILES string of the molecule is CCOC(=O)c1cc(CC)sc1NC(=O)NC1CC1. The van der Waals surface area contributed by atoms with E-state index in [9.17, 15) is 9.59 Å². The molecular weight excluding hydrogens is 264 g/mol. The highest BCUT2D eigenvalue weighted by Gasteiger charge is 2.24. The molecule has 1 aromatic rings. The van der Waals surface area contributed by atoms with Gasteiger partial charge in [0, 0.05) is 10.9 Å². The summed E-state index contributed by atoms with van der Waals surface area (Å²) in [6.07, 6.45) is 2.88. The first kappa shape index (κ1) is 13.9. The van der Waals surface area contributed by atoms with Gasteiger partial charge >= 0.3 is 12.0 Å². The molecule has 1 aromatic heterocycles. The Morgan fingerprint density at radius 2 is 2.16 bits per heavy atom. The summed E-state index contributed by atoms with van der Waals surface area (Å²) >= 11 is 1.42. The van der Waals surface area contributed by atoms with Crippen LogP contribution in [0, 0.1) is 0 Å². The van der Waals surface area contributed by atoms with Crippen molar-refractivity contribution in [1.82, 2.24) is 5.32 Å². The van der Waals surface area contributed by atoms with Crippen molar-refractivity contribution in [2.75, 3.05) is 11.9 Å². The Labute approximate surface area is 116 Å². The summed E-state index contributed by atoms with van der Waals surface area (Å²) in [5, 5.41) is 6.14. The van der Waals surface area contributed by atoms with Gasteiger partial charge in [-0.1, -0.05) is 6.92 Å². The largest absolute Gasteiger partial charge is 0.462 e. The fraction of sp³-hybridized carbons (Fsp3) is 0.538. The minimum Gasteiger partial charge on any atom is -0.462 e. The molecule has 0 bridgehead atoms. The lowest BCUT2D eigenvalue weighted by atomic mass is 10.2. The summed E-state index contributed by atoms with van der Waals surface area (Å²) in [5.74, 6) is -0.389. The molecule has 0 aromatic carbocycles. The van der Waals surface area contributed by atoms with Crippen LogP contribution in [-0.2, 0) is 11.2 Å². The number of esters is 1. The summed E-state index contributed by atoms with van der Waals surface area (Å²) in [4.78, 5) is 24.6. The van der Waals surface area contributed by atoms with Gasteiger partial charge in [-0.15, -0.1) is 11.3 Å². The molecule has 19 heavy (non-hydrogen) atoms. The van der Waals surface area contributed by atoms with E-state index in [1.165, 1.54) is 11.3 Å². The lowest BCUT2D eigenvalue weighted by Gasteiger charge is -2.06. The molecule has 6 heteroatoms. The van der Waals surface area contributed by atoms with Crippen molar-refractivity contribution in [2.24, 2.45) is 0 Å². The Balaban J connectivity index is 2.09. The van der Waals surface area contributed by atoms with Gasteiger partial charge in [-0.3, -0.25) is 5.32 Å². The van der Waals surface area contributed by atoms with Crippen molar-refractivity contribution in [3.05, 3.63) is 16.5 Å². The maximum atomic E-state index is 11.8. The summed E-state index contributed by atoms with van der Waals surface area (Å²) < 4.78 is 5.00. The van der Waals surface area contributed by atoms with E-state index in [2.05, 4.69) is 10.6 Å². The van der Waals surface area contributed by atoms with Crippen LogP contribution in [0.1, 0.15) is 41.9 Å². The van der Waals surface area contributed by atoms with Crippen molar-refractivity contribution in [1.29, 1.82) is 0 Å². The molecular formula is C13H18N2O3S. The van der Waals surface area contributed by atoms with Crippen LogP contribution in [-0.4, -0.2) is 24.6 Å². The molecule has 0 aliphatic heterocycles. The summed E-state index contributed by atoms with van der Waals surface area (Å²) in [5.41, 5.74) is 0.439. The Morgan fingerprint density at radius 1 is 1.42 bits per heavy atom. The smallest absolute Gasteiger partial charge is 0.341 e. The normalized spacial score (nSPS) is 14.0. The van der Waals surface area contributed by atoms with E-state index >= 15 is 0 Å². The van der Waals surface area contributed by atoms with Gasteiger partial charge in [-0.2, -0.15) is 0 Å². The Bertz CT molecular complexity index is 480. The number of thiophene rings is 1. The van der Waals surface area contributed by atoms with Crippen LogP contribution >= 0.6 is 11.3 Å². The summed E-state index contributed by atoms with van der Waals surface area (Å²) in [6.45, 7) is 4.09. The number of amides is 2. The third kappa shape index (κ3) is 3.70. The van der Waals surface area contributed by atoms with E-state index in [1.54, 1.807) is 13.0 Å². The van der Waals surface area contributed by atoms with Gasteiger partial charge in [0.15, 0.2) is 0 Å². The molecule has 104 valence electrons. The van der Waals surface area contributed by atoms with Crippen molar-refractivity contribution < 1.29 is 14.3 Å². The second kappa shape index (κ2) is 6.06. The molecule has 0 atom stereocenters. The maximum Gasteiger partial charge on any atom is 0.341 e. The molecule has 1 aliphatic rings. The number of aryl methyl sites for hydroxylation is 1. The van der Waals surface area contributed by atoms with Gasteiger partial charge in [0.25, 0.3) is 0 Å². The molecule has 1 heterocycles. The number of carbonyl (C=O) groups excluding carboxylic acids is 2. The van der Waals surface area contributed by atoms with Crippen LogP contribution in [0.2, 0.25) is 0 Å². The molecule has 0 radical (unpaired) electrons. The quantitative estimate of drug-likeness (QED) is 0.816. The second-order valence-electron chi connectivity index (χ2n) is 4.40. The molecule has 2 rings (SSSR count). The molecule has 0 unspecified atom stereocenters. The number of ether oxygens (including phenoxy) is 1. The number of hydrogen-bond donors (Lipinski definition) is 2. The lowest BCUT2D eigenvalue weighted by Crippen LogP contribution is -2.30. The van der Waals surface area contributed by atoms with Gasteiger partial charge in [0.2, 0.25) is 0 Å². The third-order valence-electron chi connectivity index (χ3n) is 2.77. The zero-order valence-corrected chi connectivity index (χ0v) is 11.9. The summed E-state index contributed by atoms with van der Waals surface area (Å²) in [7, 11) is 0.